The van der Waals surface area contributed by atoms with E-state index in [0.717, 1.165) is 18.8 Å². The Hall–Kier alpha value is -0.610. The largest absolute Gasteiger partial charge is 0.462 e. The first-order valence-corrected chi connectivity index (χ1v) is 10.6. The van der Waals surface area contributed by atoms with E-state index in [1.807, 2.05) is 0 Å². The molecule has 0 saturated carbocycles. The summed E-state index contributed by atoms with van der Waals surface area (Å²) in [5, 5.41) is 0. The summed E-state index contributed by atoms with van der Waals surface area (Å²) in [7, 11) is 4.40. The van der Waals surface area contributed by atoms with Crippen LogP contribution >= 0.6 is 0 Å². The first-order chi connectivity index (χ1) is 11.9. The number of hydrogen-bond acceptors (Lipinski definition) is 4. The maximum atomic E-state index is 11.0. The second-order valence-corrected chi connectivity index (χ2v) is 11.5. The monoisotopic (exact) mass is 382 g/mol. The summed E-state index contributed by atoms with van der Waals surface area (Å²) in [6, 6.07) is 0. The van der Waals surface area contributed by atoms with Gasteiger partial charge in [-0.05, 0) is 88.2 Å². The van der Waals surface area contributed by atoms with E-state index in [-0.39, 0.29) is 23.2 Å². The normalized spacial score (nSPS) is 28.1. The van der Waals surface area contributed by atoms with Crippen molar-refractivity contribution in [2.75, 3.05) is 14.1 Å². The Bertz CT molecular complexity index is 486. The van der Waals surface area contributed by atoms with Gasteiger partial charge in [0.15, 0.2) is 0 Å². The van der Waals surface area contributed by atoms with E-state index in [9.17, 15) is 4.79 Å². The molecule has 4 nitrogen and oxygen atoms in total. The molecule has 0 amide bonds. The van der Waals surface area contributed by atoms with Crippen molar-refractivity contribution in [1.29, 1.82) is 0 Å². The minimum absolute atomic E-state index is 0.0590. The molecule has 0 aromatic carbocycles. The van der Waals surface area contributed by atoms with E-state index in [4.69, 9.17) is 4.74 Å². The molecule has 0 spiro atoms. The van der Waals surface area contributed by atoms with E-state index in [1.54, 1.807) is 0 Å². The van der Waals surface area contributed by atoms with Gasteiger partial charge in [0.25, 0.3) is 0 Å². The highest BCUT2D eigenvalue weighted by Gasteiger charge is 2.44. The molecule has 0 aliphatic carbocycles. The highest BCUT2D eigenvalue weighted by Crippen LogP contribution is 2.40. The third-order valence-electron chi connectivity index (χ3n) is 7.12. The summed E-state index contributed by atoms with van der Waals surface area (Å²) < 4.78 is 5.35. The molecule has 160 valence electrons. The number of hydrogen-bond donors (Lipinski definition) is 0. The molecule has 0 atom stereocenters. The van der Waals surface area contributed by atoms with Gasteiger partial charge in [-0.15, -0.1) is 0 Å². The minimum Gasteiger partial charge on any atom is -0.462 e. The molecule has 2 rings (SSSR count). The second kappa shape index (κ2) is 8.02. The molecule has 0 bridgehead atoms. The van der Waals surface area contributed by atoms with Crippen LogP contribution in [0.3, 0.4) is 0 Å². The number of carbonyl (C=O) groups is 1. The zero-order valence-corrected chi connectivity index (χ0v) is 20.2. The van der Waals surface area contributed by atoms with E-state index in [0.29, 0.717) is 11.1 Å². The Morgan fingerprint density at radius 1 is 0.741 bits per heavy atom. The van der Waals surface area contributed by atoms with Crippen molar-refractivity contribution in [3.8, 4) is 0 Å². The summed E-state index contributed by atoms with van der Waals surface area (Å²) in [6.07, 6.45) is 4.53. The lowest BCUT2D eigenvalue weighted by Crippen LogP contribution is -2.60. The Kier molecular flexibility index (Phi) is 7.26. The van der Waals surface area contributed by atoms with Gasteiger partial charge in [-0.1, -0.05) is 6.92 Å². The number of nitrogens with zero attached hydrogens (tertiary/aromatic N) is 2. The fourth-order valence-electron chi connectivity index (χ4n) is 5.47. The Labute approximate surface area is 169 Å². The summed E-state index contributed by atoms with van der Waals surface area (Å²) >= 11 is 0. The van der Waals surface area contributed by atoms with E-state index < -0.39 is 0 Å². The summed E-state index contributed by atoms with van der Waals surface area (Å²) in [6.45, 7) is 22.1. The fourth-order valence-corrected chi connectivity index (χ4v) is 5.47. The van der Waals surface area contributed by atoms with Crippen molar-refractivity contribution in [3.63, 3.8) is 0 Å². The van der Waals surface area contributed by atoms with Crippen molar-refractivity contribution < 1.29 is 9.53 Å². The molecule has 0 aromatic rings. The van der Waals surface area contributed by atoms with Gasteiger partial charge in [0.2, 0.25) is 0 Å². The summed E-state index contributed by atoms with van der Waals surface area (Å²) in [4.78, 5) is 15.9. The topological polar surface area (TPSA) is 32.8 Å². The molecule has 0 unspecified atom stereocenters. The smallest absolute Gasteiger partial charge is 0.302 e. The van der Waals surface area contributed by atoms with Crippen LogP contribution in [0.1, 0.15) is 94.9 Å². The van der Waals surface area contributed by atoms with Gasteiger partial charge in [0.1, 0.15) is 6.10 Å². The van der Waals surface area contributed by atoms with E-state index in [2.05, 4.69) is 86.2 Å². The lowest BCUT2D eigenvalue weighted by molar-refractivity contribution is -0.156. The van der Waals surface area contributed by atoms with Crippen LogP contribution in [0, 0.1) is 5.92 Å². The lowest BCUT2D eigenvalue weighted by Gasteiger charge is -2.53. The Morgan fingerprint density at radius 2 is 1.04 bits per heavy atom. The van der Waals surface area contributed by atoms with Crippen LogP contribution in [0.25, 0.3) is 0 Å². The molecular weight excluding hydrogens is 336 g/mol. The number of piperidine rings is 2. The third-order valence-corrected chi connectivity index (χ3v) is 7.12. The molecule has 2 saturated heterocycles. The summed E-state index contributed by atoms with van der Waals surface area (Å²) in [5.41, 5.74) is 0.923. The predicted molar refractivity (Wildman–Crippen MR) is 115 cm³/mol. The average molecular weight is 383 g/mol. The van der Waals surface area contributed by atoms with Crippen LogP contribution < -0.4 is 0 Å². The van der Waals surface area contributed by atoms with Crippen molar-refractivity contribution in [3.05, 3.63) is 0 Å². The van der Waals surface area contributed by atoms with Crippen LogP contribution in [-0.2, 0) is 9.53 Å². The molecule has 27 heavy (non-hydrogen) atoms. The number of esters is 1. The van der Waals surface area contributed by atoms with Crippen molar-refractivity contribution >= 4 is 5.97 Å². The average Bonchev–Trinajstić information content (AvgIpc) is 2.40. The second-order valence-electron chi connectivity index (χ2n) is 11.5. The molecule has 0 radical (unpaired) electrons. The maximum Gasteiger partial charge on any atom is 0.302 e. The van der Waals surface area contributed by atoms with Crippen molar-refractivity contribution in [2.24, 2.45) is 5.92 Å². The third kappa shape index (κ3) is 6.19. The molecule has 2 heterocycles. The van der Waals surface area contributed by atoms with Gasteiger partial charge in [0, 0.05) is 41.9 Å². The van der Waals surface area contributed by atoms with Crippen LogP contribution in [0.2, 0.25) is 0 Å². The zero-order valence-electron chi connectivity index (χ0n) is 20.2. The first-order valence-electron chi connectivity index (χ1n) is 10.6. The Balaban J connectivity index is 0.000000277. The standard InChI is InChI=1S/C12H23NO2.C11H23N/c1-9(14)15-10-7-11(2,3)13(6)12(4,5)8-10;1-9-7-10(2,3)12(6)11(4,5)8-9/h10H,7-8H2,1-6H3;9H,7-8H2,1-6H3. The van der Waals surface area contributed by atoms with Crippen LogP contribution in [0.5, 0.6) is 0 Å². The van der Waals surface area contributed by atoms with Gasteiger partial charge in [-0.2, -0.15) is 0 Å². The van der Waals surface area contributed by atoms with Gasteiger partial charge in [0.05, 0.1) is 0 Å². The molecule has 2 aliphatic heterocycles. The first kappa shape index (κ1) is 24.4. The van der Waals surface area contributed by atoms with Gasteiger partial charge >= 0.3 is 5.97 Å². The molecule has 0 aromatic heterocycles. The SMILES string of the molecule is CC(=O)OC1CC(C)(C)N(C)C(C)(C)C1.CC1CC(C)(C)N(C)C(C)(C)C1. The zero-order chi connectivity index (χ0) is 21.4. The van der Waals surface area contributed by atoms with Crippen molar-refractivity contribution in [2.45, 2.75) is 123 Å². The highest BCUT2D eigenvalue weighted by atomic mass is 16.5. The molecule has 2 fully saturated rings. The number of carbonyl (C=O) groups excluding carboxylic acids is 1. The quantitative estimate of drug-likeness (QED) is 0.590. The van der Waals surface area contributed by atoms with Crippen LogP contribution in [0.15, 0.2) is 0 Å². The predicted octanol–water partition coefficient (Wildman–Crippen LogP) is 5.11. The Morgan fingerprint density at radius 3 is 1.33 bits per heavy atom. The lowest BCUT2D eigenvalue weighted by atomic mass is 9.75. The fraction of sp³-hybridized carbons (Fsp3) is 0.957. The molecule has 2 aliphatic rings. The highest BCUT2D eigenvalue weighted by molar-refractivity contribution is 5.66. The summed E-state index contributed by atoms with van der Waals surface area (Å²) in [5.74, 6) is 0.697. The number of rotatable bonds is 1. The van der Waals surface area contributed by atoms with Gasteiger partial charge < -0.3 is 4.74 Å². The van der Waals surface area contributed by atoms with Gasteiger partial charge in [-0.25, -0.2) is 0 Å². The molecular formula is C23H46N2O2. The van der Waals surface area contributed by atoms with Crippen LogP contribution in [0.4, 0.5) is 0 Å². The molecule has 4 heteroatoms. The molecule has 0 N–H and O–H groups in total. The van der Waals surface area contributed by atoms with E-state index >= 15 is 0 Å². The van der Waals surface area contributed by atoms with Crippen molar-refractivity contribution in [1.82, 2.24) is 9.80 Å². The van der Waals surface area contributed by atoms with Gasteiger partial charge in [-0.3, -0.25) is 14.6 Å². The maximum absolute atomic E-state index is 11.0. The number of likely N-dealkylation sites (tertiary alicyclic amines) is 2. The number of ether oxygens (including phenoxy) is 1. The van der Waals surface area contributed by atoms with Crippen LogP contribution in [-0.4, -0.2) is 58.1 Å². The minimum atomic E-state index is -0.170. The van der Waals surface area contributed by atoms with E-state index in [1.165, 1.54) is 19.8 Å².